The number of halogens is 1. The standard InChI is InChI=1S/C12H15BrN2O3/c1-7(2)10(11(16)17)15-12(18)14-9-6-4-3-5-8(9)13/h3-7,10H,1-2H3,(H,16,17)(H2,14,15,18). The molecule has 6 heteroatoms. The minimum absolute atomic E-state index is 0.188. The molecule has 1 aromatic rings. The Bertz CT molecular complexity index is 449. The van der Waals surface area contributed by atoms with Crippen LogP contribution >= 0.6 is 15.9 Å². The first-order chi connectivity index (χ1) is 8.41. The third-order valence-electron chi connectivity index (χ3n) is 2.34. The lowest BCUT2D eigenvalue weighted by atomic mass is 10.1. The first-order valence-electron chi connectivity index (χ1n) is 5.46. The Labute approximate surface area is 114 Å². The van der Waals surface area contributed by atoms with E-state index < -0.39 is 18.0 Å². The van der Waals surface area contributed by atoms with Crippen molar-refractivity contribution in [2.75, 3.05) is 5.32 Å². The van der Waals surface area contributed by atoms with Crippen LogP contribution in [0.4, 0.5) is 10.5 Å². The summed E-state index contributed by atoms with van der Waals surface area (Å²) < 4.78 is 0.733. The number of carbonyl (C=O) groups excluding carboxylic acids is 1. The second kappa shape index (κ2) is 6.39. The van der Waals surface area contributed by atoms with Gasteiger partial charge < -0.3 is 15.7 Å². The van der Waals surface area contributed by atoms with Crippen LogP contribution in [0.2, 0.25) is 0 Å². The van der Waals surface area contributed by atoms with Crippen molar-refractivity contribution in [3.8, 4) is 0 Å². The van der Waals surface area contributed by atoms with Crippen LogP contribution in [0.5, 0.6) is 0 Å². The molecular formula is C12H15BrN2O3. The highest BCUT2D eigenvalue weighted by molar-refractivity contribution is 9.10. The molecule has 0 saturated carbocycles. The largest absolute Gasteiger partial charge is 0.480 e. The van der Waals surface area contributed by atoms with Crippen LogP contribution in [0.3, 0.4) is 0 Å². The van der Waals surface area contributed by atoms with Gasteiger partial charge >= 0.3 is 12.0 Å². The van der Waals surface area contributed by atoms with Crippen molar-refractivity contribution in [3.05, 3.63) is 28.7 Å². The average molecular weight is 315 g/mol. The van der Waals surface area contributed by atoms with Gasteiger partial charge in [0.25, 0.3) is 0 Å². The Morgan fingerprint density at radius 2 is 1.89 bits per heavy atom. The van der Waals surface area contributed by atoms with Gasteiger partial charge in [0.05, 0.1) is 5.69 Å². The lowest BCUT2D eigenvalue weighted by Gasteiger charge is -2.18. The van der Waals surface area contributed by atoms with Gasteiger partial charge in [-0.05, 0) is 34.0 Å². The van der Waals surface area contributed by atoms with Gasteiger partial charge in [-0.1, -0.05) is 26.0 Å². The van der Waals surface area contributed by atoms with Crippen molar-refractivity contribution >= 4 is 33.6 Å². The number of carboxylic acids is 1. The lowest BCUT2D eigenvalue weighted by Crippen LogP contribution is -2.46. The second-order valence-electron chi connectivity index (χ2n) is 4.14. The van der Waals surface area contributed by atoms with E-state index in [4.69, 9.17) is 5.11 Å². The predicted molar refractivity (Wildman–Crippen MR) is 72.6 cm³/mol. The molecule has 2 amide bonds. The molecule has 0 aromatic heterocycles. The molecule has 0 aliphatic rings. The van der Waals surface area contributed by atoms with Crippen LogP contribution in [-0.4, -0.2) is 23.1 Å². The summed E-state index contributed by atoms with van der Waals surface area (Å²) in [7, 11) is 0. The number of nitrogens with one attached hydrogen (secondary N) is 2. The maximum Gasteiger partial charge on any atom is 0.326 e. The van der Waals surface area contributed by atoms with Crippen LogP contribution in [-0.2, 0) is 4.79 Å². The first kappa shape index (κ1) is 14.5. The monoisotopic (exact) mass is 314 g/mol. The Hall–Kier alpha value is -1.56. The quantitative estimate of drug-likeness (QED) is 0.799. The van der Waals surface area contributed by atoms with E-state index in [9.17, 15) is 9.59 Å². The zero-order chi connectivity index (χ0) is 13.7. The number of urea groups is 1. The van der Waals surface area contributed by atoms with Gasteiger partial charge in [-0.15, -0.1) is 0 Å². The summed E-state index contributed by atoms with van der Waals surface area (Å²) in [4.78, 5) is 22.6. The fourth-order valence-corrected chi connectivity index (χ4v) is 1.76. The minimum Gasteiger partial charge on any atom is -0.480 e. The van der Waals surface area contributed by atoms with Crippen molar-refractivity contribution in [2.24, 2.45) is 5.92 Å². The second-order valence-corrected chi connectivity index (χ2v) is 4.99. The summed E-state index contributed by atoms with van der Waals surface area (Å²) in [5.41, 5.74) is 0.586. The van der Waals surface area contributed by atoms with Gasteiger partial charge in [-0.2, -0.15) is 0 Å². The minimum atomic E-state index is -1.05. The summed E-state index contributed by atoms with van der Waals surface area (Å²) in [6.07, 6.45) is 0. The number of amides is 2. The van der Waals surface area contributed by atoms with E-state index in [0.29, 0.717) is 5.69 Å². The zero-order valence-electron chi connectivity index (χ0n) is 10.1. The van der Waals surface area contributed by atoms with E-state index in [1.54, 1.807) is 32.0 Å². The summed E-state index contributed by atoms with van der Waals surface area (Å²) >= 11 is 3.29. The number of anilines is 1. The summed E-state index contributed by atoms with van der Waals surface area (Å²) in [5.74, 6) is -1.24. The molecule has 0 radical (unpaired) electrons. The van der Waals surface area contributed by atoms with Gasteiger partial charge in [0.2, 0.25) is 0 Å². The fraction of sp³-hybridized carbons (Fsp3) is 0.333. The topological polar surface area (TPSA) is 78.4 Å². The highest BCUT2D eigenvalue weighted by atomic mass is 79.9. The normalized spacial score (nSPS) is 12.0. The molecule has 1 unspecified atom stereocenters. The molecule has 1 rings (SSSR count). The van der Waals surface area contributed by atoms with Gasteiger partial charge in [-0.25, -0.2) is 9.59 Å². The number of para-hydroxylation sites is 1. The van der Waals surface area contributed by atoms with Crippen molar-refractivity contribution in [2.45, 2.75) is 19.9 Å². The Morgan fingerprint density at radius 3 is 2.39 bits per heavy atom. The Balaban J connectivity index is 2.67. The Kier molecular flexibility index (Phi) is 5.15. The van der Waals surface area contributed by atoms with Crippen LogP contribution in [0, 0.1) is 5.92 Å². The van der Waals surface area contributed by atoms with E-state index in [1.807, 2.05) is 6.07 Å². The molecular weight excluding hydrogens is 300 g/mol. The predicted octanol–water partition coefficient (Wildman–Crippen LogP) is 2.68. The van der Waals surface area contributed by atoms with Gasteiger partial charge in [0.15, 0.2) is 0 Å². The van der Waals surface area contributed by atoms with E-state index >= 15 is 0 Å². The van der Waals surface area contributed by atoms with Crippen molar-refractivity contribution < 1.29 is 14.7 Å². The molecule has 0 spiro atoms. The van der Waals surface area contributed by atoms with Crippen LogP contribution in [0.1, 0.15) is 13.8 Å². The lowest BCUT2D eigenvalue weighted by molar-refractivity contribution is -0.140. The third kappa shape index (κ3) is 4.03. The molecule has 1 aromatic carbocycles. The highest BCUT2D eigenvalue weighted by Gasteiger charge is 2.23. The molecule has 1 atom stereocenters. The van der Waals surface area contributed by atoms with Gasteiger partial charge in [0.1, 0.15) is 6.04 Å². The SMILES string of the molecule is CC(C)C(NC(=O)Nc1ccccc1Br)C(=O)O. The molecule has 0 heterocycles. The molecule has 0 aliphatic heterocycles. The Morgan fingerprint density at radius 1 is 1.28 bits per heavy atom. The number of hydrogen-bond acceptors (Lipinski definition) is 2. The number of hydrogen-bond donors (Lipinski definition) is 3. The summed E-state index contributed by atoms with van der Waals surface area (Å²) in [6.45, 7) is 3.47. The maximum absolute atomic E-state index is 11.7. The highest BCUT2D eigenvalue weighted by Crippen LogP contribution is 2.20. The maximum atomic E-state index is 11.7. The zero-order valence-corrected chi connectivity index (χ0v) is 11.7. The number of benzene rings is 1. The average Bonchev–Trinajstić information content (AvgIpc) is 2.28. The molecule has 0 bridgehead atoms. The summed E-state index contributed by atoms with van der Waals surface area (Å²) in [5, 5.41) is 14.0. The number of carboxylic acid groups (broad SMARTS) is 1. The van der Waals surface area contributed by atoms with Crippen molar-refractivity contribution in [1.29, 1.82) is 0 Å². The molecule has 5 nitrogen and oxygen atoms in total. The number of rotatable bonds is 4. The van der Waals surface area contributed by atoms with E-state index in [1.165, 1.54) is 0 Å². The third-order valence-corrected chi connectivity index (χ3v) is 3.03. The van der Waals surface area contributed by atoms with E-state index in [-0.39, 0.29) is 5.92 Å². The van der Waals surface area contributed by atoms with Crippen LogP contribution in [0.25, 0.3) is 0 Å². The number of carbonyl (C=O) groups is 2. The fourth-order valence-electron chi connectivity index (χ4n) is 1.38. The van der Waals surface area contributed by atoms with E-state index in [0.717, 1.165) is 4.47 Å². The van der Waals surface area contributed by atoms with Crippen molar-refractivity contribution in [1.82, 2.24) is 5.32 Å². The van der Waals surface area contributed by atoms with Crippen molar-refractivity contribution in [3.63, 3.8) is 0 Å². The number of aliphatic carboxylic acids is 1. The molecule has 0 aliphatic carbocycles. The molecule has 98 valence electrons. The molecule has 0 saturated heterocycles. The van der Waals surface area contributed by atoms with E-state index in [2.05, 4.69) is 26.6 Å². The van der Waals surface area contributed by atoms with Gasteiger partial charge in [-0.3, -0.25) is 0 Å². The van der Waals surface area contributed by atoms with Gasteiger partial charge in [0, 0.05) is 4.47 Å². The van der Waals surface area contributed by atoms with Crippen LogP contribution in [0.15, 0.2) is 28.7 Å². The van der Waals surface area contributed by atoms with Crippen LogP contribution < -0.4 is 10.6 Å². The molecule has 18 heavy (non-hydrogen) atoms. The summed E-state index contributed by atoms with van der Waals surface area (Å²) in [6, 6.07) is 5.65. The molecule has 3 N–H and O–H groups in total. The molecule has 0 fully saturated rings. The first-order valence-corrected chi connectivity index (χ1v) is 6.26. The smallest absolute Gasteiger partial charge is 0.326 e.